The summed E-state index contributed by atoms with van der Waals surface area (Å²) in [5.41, 5.74) is -0.619. The maximum atomic E-state index is 13.6. The van der Waals surface area contributed by atoms with Crippen molar-refractivity contribution in [2.24, 2.45) is 23.7 Å². The summed E-state index contributed by atoms with van der Waals surface area (Å²) < 4.78 is 0. The fourth-order valence-electron chi connectivity index (χ4n) is 5.24. The van der Waals surface area contributed by atoms with E-state index in [1.807, 2.05) is 12.2 Å². The molecule has 0 N–H and O–H groups in total. The Morgan fingerprint density at radius 2 is 1.59 bits per heavy atom. The molecule has 172 valence electrons. The molecule has 2 aliphatic carbocycles. The molecule has 1 saturated carbocycles. The molecule has 11 nitrogen and oxygen atoms in total. The number of nitro benzene ring substituents is 2. The lowest BCUT2D eigenvalue weighted by atomic mass is 9.85. The maximum absolute atomic E-state index is 13.6. The standard InChI is InChI=1S/C23H18N4O7/c28-21(15-5-3-6-17(11-15)26(31)32)24(12-16-4-1-2-7-18(16)27(33)34)25-22(29)19-13-8-9-14(10-13)20(19)23(25)30/h1-9,11,13-14,19-20H,10,12H2/t13-,14-,19+,20+/m0/s1. The van der Waals surface area contributed by atoms with Crippen molar-refractivity contribution in [2.75, 3.05) is 0 Å². The average Bonchev–Trinajstić information content (AvgIpc) is 3.51. The Bertz CT molecular complexity index is 1260. The molecule has 0 aromatic heterocycles. The SMILES string of the molecule is O=C(c1cccc([N+](=O)[O-])c1)N(Cc1ccccc1[N+](=O)[O-])N1C(=O)[C@H]2[C@H](C1=O)[C@H]1C=C[C@H]2C1. The number of benzene rings is 2. The van der Waals surface area contributed by atoms with Crippen LogP contribution in [-0.2, 0) is 16.1 Å². The molecule has 2 aromatic carbocycles. The van der Waals surface area contributed by atoms with E-state index < -0.39 is 45.9 Å². The van der Waals surface area contributed by atoms with Gasteiger partial charge in [0.1, 0.15) is 0 Å². The predicted octanol–water partition coefficient (Wildman–Crippen LogP) is 2.87. The molecular weight excluding hydrogens is 444 g/mol. The topological polar surface area (TPSA) is 144 Å². The molecule has 0 spiro atoms. The van der Waals surface area contributed by atoms with Crippen LogP contribution >= 0.6 is 0 Å². The predicted molar refractivity (Wildman–Crippen MR) is 116 cm³/mol. The van der Waals surface area contributed by atoms with Crippen LogP contribution in [-0.4, -0.2) is 37.6 Å². The molecule has 2 bridgehead atoms. The van der Waals surface area contributed by atoms with Gasteiger partial charge in [-0.15, -0.1) is 0 Å². The Morgan fingerprint density at radius 1 is 0.941 bits per heavy atom. The van der Waals surface area contributed by atoms with Crippen LogP contribution in [0.2, 0.25) is 0 Å². The monoisotopic (exact) mass is 462 g/mol. The Labute approximate surface area is 192 Å². The first kappa shape index (κ1) is 21.4. The lowest BCUT2D eigenvalue weighted by molar-refractivity contribution is -0.385. The van der Waals surface area contributed by atoms with Gasteiger partial charge >= 0.3 is 0 Å². The third-order valence-electron chi connectivity index (χ3n) is 6.74. The van der Waals surface area contributed by atoms with Crippen LogP contribution < -0.4 is 0 Å². The summed E-state index contributed by atoms with van der Waals surface area (Å²) in [6, 6.07) is 10.6. The zero-order chi connectivity index (χ0) is 24.1. The summed E-state index contributed by atoms with van der Waals surface area (Å²) in [6.07, 6.45) is 4.52. The number of hydrogen-bond donors (Lipinski definition) is 0. The maximum Gasteiger partial charge on any atom is 0.274 e. The zero-order valence-corrected chi connectivity index (χ0v) is 17.6. The molecule has 1 aliphatic heterocycles. The van der Waals surface area contributed by atoms with Crippen molar-refractivity contribution in [3.8, 4) is 0 Å². The van der Waals surface area contributed by atoms with Gasteiger partial charge in [0.05, 0.1) is 33.8 Å². The van der Waals surface area contributed by atoms with Gasteiger partial charge in [-0.05, 0) is 24.3 Å². The highest BCUT2D eigenvalue weighted by molar-refractivity contribution is 6.08. The van der Waals surface area contributed by atoms with Crippen LogP contribution in [0.4, 0.5) is 11.4 Å². The Balaban J connectivity index is 1.57. The number of non-ortho nitro benzene ring substituents is 1. The van der Waals surface area contributed by atoms with Gasteiger partial charge in [0.2, 0.25) is 0 Å². The van der Waals surface area contributed by atoms with Gasteiger partial charge in [-0.2, -0.15) is 5.01 Å². The van der Waals surface area contributed by atoms with Crippen LogP contribution in [0.25, 0.3) is 0 Å². The lowest BCUT2D eigenvalue weighted by Gasteiger charge is -2.31. The number of amides is 3. The van der Waals surface area contributed by atoms with E-state index in [0.29, 0.717) is 6.42 Å². The van der Waals surface area contributed by atoms with E-state index in [9.17, 15) is 34.6 Å². The fraction of sp³-hybridized carbons (Fsp3) is 0.261. The minimum absolute atomic E-state index is 0.0997. The van der Waals surface area contributed by atoms with Gasteiger partial charge in [-0.25, -0.2) is 5.01 Å². The van der Waals surface area contributed by atoms with Gasteiger partial charge in [0, 0.05) is 23.8 Å². The largest absolute Gasteiger partial charge is 0.274 e. The molecule has 1 saturated heterocycles. The highest BCUT2D eigenvalue weighted by Crippen LogP contribution is 2.53. The molecule has 34 heavy (non-hydrogen) atoms. The number of hydrazine groups is 1. The first-order valence-electron chi connectivity index (χ1n) is 10.6. The van der Waals surface area contributed by atoms with E-state index in [2.05, 4.69) is 0 Å². The fourth-order valence-corrected chi connectivity index (χ4v) is 5.24. The molecule has 5 rings (SSSR count). The van der Waals surface area contributed by atoms with Gasteiger partial charge < -0.3 is 0 Å². The molecule has 2 fully saturated rings. The third kappa shape index (κ3) is 3.24. The Kier molecular flexibility index (Phi) is 4.96. The number of allylic oxidation sites excluding steroid dienone is 2. The van der Waals surface area contributed by atoms with Crippen molar-refractivity contribution in [1.29, 1.82) is 0 Å². The van der Waals surface area contributed by atoms with E-state index in [0.717, 1.165) is 16.1 Å². The molecule has 2 aromatic rings. The van der Waals surface area contributed by atoms with E-state index in [1.165, 1.54) is 36.4 Å². The van der Waals surface area contributed by atoms with Crippen molar-refractivity contribution in [1.82, 2.24) is 10.0 Å². The van der Waals surface area contributed by atoms with E-state index in [-0.39, 0.29) is 34.3 Å². The number of imide groups is 1. The van der Waals surface area contributed by atoms with E-state index >= 15 is 0 Å². The van der Waals surface area contributed by atoms with Gasteiger partial charge in [0.15, 0.2) is 0 Å². The summed E-state index contributed by atoms with van der Waals surface area (Å²) in [5, 5.41) is 24.4. The summed E-state index contributed by atoms with van der Waals surface area (Å²) in [6.45, 7) is -0.432. The lowest BCUT2D eigenvalue weighted by Crippen LogP contribution is -2.50. The molecule has 0 radical (unpaired) electrons. The first-order chi connectivity index (χ1) is 16.3. The second-order valence-electron chi connectivity index (χ2n) is 8.54. The smallest absolute Gasteiger partial charge is 0.272 e. The van der Waals surface area contributed by atoms with Crippen LogP contribution in [0, 0.1) is 43.9 Å². The number of nitrogens with zero attached hydrogens (tertiary/aromatic N) is 4. The van der Waals surface area contributed by atoms with Gasteiger partial charge in [-0.3, -0.25) is 34.6 Å². The van der Waals surface area contributed by atoms with Crippen LogP contribution in [0.3, 0.4) is 0 Å². The molecule has 11 heteroatoms. The van der Waals surface area contributed by atoms with Crippen molar-refractivity contribution in [3.63, 3.8) is 0 Å². The average molecular weight is 462 g/mol. The number of hydrogen-bond acceptors (Lipinski definition) is 7. The van der Waals surface area contributed by atoms with Crippen molar-refractivity contribution >= 4 is 29.1 Å². The molecule has 3 amide bonds. The van der Waals surface area contributed by atoms with Gasteiger partial charge in [0.25, 0.3) is 29.1 Å². The third-order valence-corrected chi connectivity index (χ3v) is 6.74. The number of rotatable bonds is 6. The highest BCUT2D eigenvalue weighted by Gasteiger charge is 2.61. The minimum atomic E-state index is -0.844. The Hall–Kier alpha value is -4.41. The first-order valence-corrected chi connectivity index (χ1v) is 10.6. The normalized spacial score (nSPS) is 24.4. The van der Waals surface area contributed by atoms with Crippen molar-refractivity contribution in [2.45, 2.75) is 13.0 Å². The van der Waals surface area contributed by atoms with Crippen molar-refractivity contribution in [3.05, 3.63) is 92.0 Å². The van der Waals surface area contributed by atoms with Crippen LogP contribution in [0.5, 0.6) is 0 Å². The second-order valence-corrected chi connectivity index (χ2v) is 8.54. The molecule has 4 atom stereocenters. The molecule has 3 aliphatic rings. The van der Waals surface area contributed by atoms with E-state index in [4.69, 9.17) is 0 Å². The number of para-hydroxylation sites is 1. The number of fused-ring (bicyclic) bond motifs is 5. The molecule has 0 unspecified atom stereocenters. The van der Waals surface area contributed by atoms with Crippen LogP contribution in [0.15, 0.2) is 60.7 Å². The van der Waals surface area contributed by atoms with Crippen LogP contribution in [0.1, 0.15) is 22.3 Å². The summed E-state index contributed by atoms with van der Waals surface area (Å²) >= 11 is 0. The quantitative estimate of drug-likeness (QED) is 0.278. The zero-order valence-electron chi connectivity index (χ0n) is 17.6. The van der Waals surface area contributed by atoms with Gasteiger partial charge in [-0.1, -0.05) is 36.4 Å². The summed E-state index contributed by atoms with van der Waals surface area (Å²) in [5.74, 6) is -3.30. The number of nitro groups is 2. The minimum Gasteiger partial charge on any atom is -0.272 e. The molecule has 1 heterocycles. The molecular formula is C23H18N4O7. The number of carbonyl (C=O) groups is 3. The summed E-state index contributed by atoms with van der Waals surface area (Å²) in [4.78, 5) is 61.8. The Morgan fingerprint density at radius 3 is 2.21 bits per heavy atom. The number of carbonyl (C=O) groups excluding carboxylic acids is 3. The highest BCUT2D eigenvalue weighted by atomic mass is 16.6. The summed E-state index contributed by atoms with van der Waals surface area (Å²) in [7, 11) is 0. The van der Waals surface area contributed by atoms with Crippen molar-refractivity contribution < 1.29 is 24.2 Å². The second kappa shape index (κ2) is 7.87. The van der Waals surface area contributed by atoms with E-state index in [1.54, 1.807) is 6.07 Å².